The second-order valence-corrected chi connectivity index (χ2v) is 18.9. The number of rotatable bonds is 23. The fourth-order valence-electron chi connectivity index (χ4n) is 7.66. The first-order chi connectivity index (χ1) is 26.7. The standard InChI is InChI=1S/C38H52N2O14S3/c1-37(17-9-25-55(43,44)45)30-26-28(56(46,47)48)14-16-33(30)40(20-22-54-24-23-53-4)34(37)10-8-11-35-38(2,18-21-52-3)31-27-29(57(49,50)51)13-15-32(31)39(35)19-7-5-6-12-36(41)42/h8,10-11,13-16,26-27H,5-7,9,12,17-25H2,1-4H3,(H3-,41,42,43,44,45,46,47,48,49,50,51). The van der Waals surface area contributed by atoms with Gasteiger partial charge in [0.25, 0.3) is 20.2 Å². The minimum absolute atomic E-state index is 0.00644. The minimum Gasteiger partial charge on any atom is -0.744 e. The number of ether oxygens (including phenoxy) is 3. The Labute approximate surface area is 335 Å². The lowest BCUT2D eigenvalue weighted by Gasteiger charge is -2.30. The van der Waals surface area contributed by atoms with Gasteiger partial charge in [0.15, 0.2) is 12.3 Å². The van der Waals surface area contributed by atoms with Crippen molar-refractivity contribution in [1.29, 1.82) is 0 Å². The maximum atomic E-state index is 12.3. The summed E-state index contributed by atoms with van der Waals surface area (Å²) < 4.78 is 123. The molecule has 16 nitrogen and oxygen atoms in total. The molecule has 0 spiro atoms. The average molecular weight is 857 g/mol. The average Bonchev–Trinajstić information content (AvgIpc) is 3.49. The van der Waals surface area contributed by atoms with Crippen LogP contribution in [0.2, 0.25) is 0 Å². The van der Waals surface area contributed by atoms with Gasteiger partial charge in [0.2, 0.25) is 5.69 Å². The van der Waals surface area contributed by atoms with Crippen LogP contribution >= 0.6 is 0 Å². The van der Waals surface area contributed by atoms with Crippen LogP contribution in [0.1, 0.15) is 69.9 Å². The molecule has 0 bridgehead atoms. The van der Waals surface area contributed by atoms with E-state index in [9.17, 15) is 43.7 Å². The molecule has 2 aliphatic heterocycles. The molecule has 57 heavy (non-hydrogen) atoms. The van der Waals surface area contributed by atoms with Crippen molar-refractivity contribution in [2.45, 2.75) is 79.4 Å². The Morgan fingerprint density at radius 3 is 2.16 bits per heavy atom. The van der Waals surface area contributed by atoms with Crippen LogP contribution in [0.5, 0.6) is 0 Å². The van der Waals surface area contributed by atoms with Crippen molar-refractivity contribution in [2.24, 2.45) is 0 Å². The number of carboxylic acids is 1. The number of methoxy groups -OCH3 is 2. The summed E-state index contributed by atoms with van der Waals surface area (Å²) in [6.07, 6.45) is 7.71. The van der Waals surface area contributed by atoms with Crippen molar-refractivity contribution in [3.8, 4) is 0 Å². The van der Waals surface area contributed by atoms with Crippen LogP contribution in [0, 0.1) is 0 Å². The zero-order chi connectivity index (χ0) is 42.2. The number of aliphatic carboxylic acids is 1. The van der Waals surface area contributed by atoms with Gasteiger partial charge in [0, 0.05) is 68.3 Å². The largest absolute Gasteiger partial charge is 0.744 e. The molecular weight excluding hydrogens is 805 g/mol. The van der Waals surface area contributed by atoms with E-state index in [1.165, 1.54) is 24.3 Å². The topological polar surface area (TPSA) is 237 Å². The van der Waals surface area contributed by atoms with Gasteiger partial charge in [-0.1, -0.05) is 12.5 Å². The lowest BCUT2D eigenvalue weighted by Crippen LogP contribution is -2.33. The maximum Gasteiger partial charge on any atom is 0.303 e. The fourth-order valence-corrected chi connectivity index (χ4v) is 9.17. The molecule has 4 rings (SSSR count). The van der Waals surface area contributed by atoms with Gasteiger partial charge in [-0.3, -0.25) is 13.9 Å². The van der Waals surface area contributed by atoms with E-state index in [1.54, 1.807) is 32.4 Å². The number of carboxylic acid groups (broad SMARTS) is 1. The summed E-state index contributed by atoms with van der Waals surface area (Å²) in [6.45, 7) is 5.66. The third-order valence-corrected chi connectivity index (χ3v) is 13.0. The van der Waals surface area contributed by atoms with Crippen LogP contribution in [0.15, 0.2) is 70.1 Å². The molecule has 0 radical (unpaired) electrons. The molecule has 0 saturated carbocycles. The van der Waals surface area contributed by atoms with Crippen LogP contribution in [-0.4, -0.2) is 120 Å². The predicted molar refractivity (Wildman–Crippen MR) is 211 cm³/mol. The third-order valence-electron chi connectivity index (χ3n) is 10.6. The number of anilines is 1. The Bertz CT molecular complexity index is 2220. The first kappa shape index (κ1) is 46.2. The van der Waals surface area contributed by atoms with E-state index in [2.05, 4.69) is 0 Å². The lowest BCUT2D eigenvalue weighted by atomic mass is 9.75. The van der Waals surface area contributed by atoms with Gasteiger partial charge >= 0.3 is 5.97 Å². The van der Waals surface area contributed by atoms with Crippen molar-refractivity contribution in [3.05, 3.63) is 71.5 Å². The molecule has 2 aromatic rings. The Kier molecular flexibility index (Phi) is 15.4. The van der Waals surface area contributed by atoms with Gasteiger partial charge in [-0.2, -0.15) is 21.4 Å². The highest BCUT2D eigenvalue weighted by molar-refractivity contribution is 7.86. The number of carbonyl (C=O) groups is 1. The quantitative estimate of drug-likeness (QED) is 0.0797. The molecule has 2 atom stereocenters. The molecule has 2 heterocycles. The Morgan fingerprint density at radius 1 is 0.842 bits per heavy atom. The molecule has 0 saturated heterocycles. The van der Waals surface area contributed by atoms with Crippen molar-refractivity contribution in [3.63, 3.8) is 0 Å². The van der Waals surface area contributed by atoms with Gasteiger partial charge in [0.1, 0.15) is 16.7 Å². The lowest BCUT2D eigenvalue weighted by molar-refractivity contribution is -0.442. The molecule has 0 amide bonds. The van der Waals surface area contributed by atoms with Gasteiger partial charge in [-0.05, 0) is 87.9 Å². The highest BCUT2D eigenvalue weighted by atomic mass is 32.2. The van der Waals surface area contributed by atoms with Crippen molar-refractivity contribution >= 4 is 53.4 Å². The SMILES string of the molecule is COCCOCC[N+]1=C(/C=C/C=C2/N(CCCCCC(=O)O)c3ccc(S(=O)(=O)[O-])cc3C2(C)CCOC)C(C)(CCCS(=O)(=O)O)c2cc(S(=O)(=O)O)ccc21. The molecule has 0 fully saturated rings. The smallest absolute Gasteiger partial charge is 0.303 e. The molecule has 2 unspecified atom stereocenters. The van der Waals surface area contributed by atoms with E-state index in [-0.39, 0.29) is 48.8 Å². The molecule has 0 aliphatic carbocycles. The number of allylic oxidation sites excluding steroid dienone is 4. The normalized spacial score (nSPS) is 20.5. The van der Waals surface area contributed by atoms with E-state index < -0.39 is 52.9 Å². The predicted octanol–water partition coefficient (Wildman–Crippen LogP) is 4.42. The van der Waals surface area contributed by atoms with Gasteiger partial charge < -0.3 is 28.8 Å². The number of unbranched alkanes of at least 4 members (excludes halogenated alkanes) is 2. The minimum atomic E-state index is -4.80. The monoisotopic (exact) mass is 856 g/mol. The first-order valence-corrected chi connectivity index (χ1v) is 22.9. The highest BCUT2D eigenvalue weighted by Gasteiger charge is 2.48. The number of nitrogens with zero attached hydrogens (tertiary/aromatic N) is 2. The second kappa shape index (κ2) is 19.0. The van der Waals surface area contributed by atoms with Crippen LogP contribution in [-0.2, 0) is 60.2 Å². The van der Waals surface area contributed by atoms with Gasteiger partial charge in [-0.15, -0.1) is 0 Å². The number of hydrogen-bond donors (Lipinski definition) is 3. The molecule has 2 aromatic carbocycles. The molecule has 0 aromatic heterocycles. The maximum absolute atomic E-state index is 12.3. The summed E-state index contributed by atoms with van der Waals surface area (Å²) in [5.41, 5.74) is 1.88. The summed E-state index contributed by atoms with van der Waals surface area (Å²) in [5.74, 6) is -1.44. The molecule has 2 aliphatic rings. The third kappa shape index (κ3) is 11.4. The van der Waals surface area contributed by atoms with Crippen molar-refractivity contribution < 1.29 is 67.6 Å². The number of fused-ring (bicyclic) bond motifs is 2. The van der Waals surface area contributed by atoms with Gasteiger partial charge in [0.05, 0.1) is 34.2 Å². The molecule has 3 N–H and O–H groups in total. The first-order valence-electron chi connectivity index (χ1n) is 18.4. The van der Waals surface area contributed by atoms with Crippen molar-refractivity contribution in [2.75, 3.05) is 64.4 Å². The molecule has 19 heteroatoms. The number of hydrogen-bond acceptors (Lipinski definition) is 12. The summed E-state index contributed by atoms with van der Waals surface area (Å²) >= 11 is 0. The zero-order valence-corrected chi connectivity index (χ0v) is 35.0. The highest BCUT2D eigenvalue weighted by Crippen LogP contribution is 2.51. The Morgan fingerprint density at radius 2 is 1.53 bits per heavy atom. The summed E-state index contributed by atoms with van der Waals surface area (Å²) in [5, 5.41) is 9.15. The van der Waals surface area contributed by atoms with E-state index in [0.29, 0.717) is 73.7 Å². The number of benzene rings is 2. The summed E-state index contributed by atoms with van der Waals surface area (Å²) in [6, 6.07) is 8.46. The van der Waals surface area contributed by atoms with Crippen molar-refractivity contribution in [1.82, 2.24) is 0 Å². The summed E-state index contributed by atoms with van der Waals surface area (Å²) in [7, 11) is -10.7. The molecule has 316 valence electrons. The van der Waals surface area contributed by atoms with E-state index in [4.69, 9.17) is 19.3 Å². The van der Waals surface area contributed by atoms with Crippen LogP contribution < -0.4 is 4.90 Å². The van der Waals surface area contributed by atoms with E-state index in [0.717, 1.165) is 5.70 Å². The van der Waals surface area contributed by atoms with Crippen LogP contribution in [0.3, 0.4) is 0 Å². The van der Waals surface area contributed by atoms with Gasteiger partial charge in [-0.25, -0.2) is 8.42 Å². The Balaban J connectivity index is 1.90. The van der Waals surface area contributed by atoms with Crippen LogP contribution in [0.25, 0.3) is 0 Å². The zero-order valence-electron chi connectivity index (χ0n) is 32.5. The van der Waals surface area contributed by atoms with E-state index in [1.807, 2.05) is 35.5 Å². The fraction of sp³-hybridized carbons (Fsp3) is 0.526. The second-order valence-electron chi connectivity index (χ2n) is 14.5. The summed E-state index contributed by atoms with van der Waals surface area (Å²) in [4.78, 5) is 12.5. The van der Waals surface area contributed by atoms with Crippen LogP contribution in [0.4, 0.5) is 11.4 Å². The Hall–Kier alpha value is -3.53. The van der Waals surface area contributed by atoms with E-state index >= 15 is 0 Å². The molecular formula is C38H52N2O14S3.